The second kappa shape index (κ2) is 4.73. The number of hydrogen-bond acceptors (Lipinski definition) is 4. The lowest BCUT2D eigenvalue weighted by Crippen LogP contribution is -2.32. The molecule has 22 heavy (non-hydrogen) atoms. The molecule has 0 radical (unpaired) electrons. The molecular weight excluding hydrogens is 284 g/mol. The van der Waals surface area contributed by atoms with Crippen molar-refractivity contribution in [1.29, 1.82) is 0 Å². The highest BCUT2D eigenvalue weighted by atomic mass is 16.3. The highest BCUT2D eigenvalue weighted by Crippen LogP contribution is 2.23. The van der Waals surface area contributed by atoms with Gasteiger partial charge >= 0.3 is 0 Å². The van der Waals surface area contributed by atoms with Gasteiger partial charge in [-0.05, 0) is 18.2 Å². The lowest BCUT2D eigenvalue weighted by molar-refractivity contribution is 0.0932. The summed E-state index contributed by atoms with van der Waals surface area (Å²) >= 11 is 0. The van der Waals surface area contributed by atoms with Crippen LogP contribution in [-0.2, 0) is 6.42 Å². The lowest BCUT2D eigenvalue weighted by Gasteiger charge is -2.12. The Bertz CT molecular complexity index is 893. The molecule has 0 aliphatic carbocycles. The highest BCUT2D eigenvalue weighted by Gasteiger charge is 2.27. The molecule has 1 aromatic carbocycles. The van der Waals surface area contributed by atoms with Crippen LogP contribution in [0.4, 0.5) is 5.69 Å². The van der Waals surface area contributed by atoms with Crippen LogP contribution in [0, 0.1) is 0 Å². The van der Waals surface area contributed by atoms with E-state index in [1.165, 1.54) is 6.26 Å². The van der Waals surface area contributed by atoms with E-state index in [-0.39, 0.29) is 17.4 Å². The van der Waals surface area contributed by atoms with Crippen molar-refractivity contribution >= 4 is 28.5 Å². The van der Waals surface area contributed by atoms with E-state index in [2.05, 4.69) is 20.6 Å². The monoisotopic (exact) mass is 296 g/mol. The number of nitrogens with one attached hydrogen (secondary N) is 3. The minimum Gasteiger partial charge on any atom is -0.468 e. The Labute approximate surface area is 124 Å². The molecule has 0 unspecified atom stereocenters. The molecule has 0 atom stereocenters. The largest absolute Gasteiger partial charge is 0.468 e. The molecule has 2 aromatic heterocycles. The average Bonchev–Trinajstić information content (AvgIpc) is 3.13. The molecule has 3 heterocycles. The summed E-state index contributed by atoms with van der Waals surface area (Å²) in [5.74, 6) is -0.0944. The number of nitrogens with zero attached hydrogens (tertiary/aromatic N) is 1. The molecule has 0 fully saturated rings. The molecule has 3 N–H and O–H groups in total. The number of imidazole rings is 1. The van der Waals surface area contributed by atoms with Gasteiger partial charge in [0.15, 0.2) is 0 Å². The van der Waals surface area contributed by atoms with Crippen molar-refractivity contribution in [3.63, 3.8) is 0 Å². The number of amides is 2. The molecule has 1 aliphatic rings. The predicted octanol–water partition coefficient (Wildman–Crippen LogP) is 1.69. The molecule has 0 spiro atoms. The third-order valence-corrected chi connectivity index (χ3v) is 3.65. The Morgan fingerprint density at radius 2 is 2.27 bits per heavy atom. The van der Waals surface area contributed by atoms with Gasteiger partial charge in [-0.2, -0.15) is 0 Å². The summed E-state index contributed by atoms with van der Waals surface area (Å²) < 4.78 is 5.34. The number of H-pyrrole nitrogens is 1. The van der Waals surface area contributed by atoms with Crippen molar-refractivity contribution in [2.75, 3.05) is 11.9 Å². The molecule has 1 aliphatic heterocycles. The fourth-order valence-electron chi connectivity index (χ4n) is 2.59. The van der Waals surface area contributed by atoms with E-state index < -0.39 is 0 Å². The summed E-state index contributed by atoms with van der Waals surface area (Å²) in [6.07, 6.45) is 3.52. The first-order valence-electron chi connectivity index (χ1n) is 6.85. The maximum atomic E-state index is 12.4. The summed E-state index contributed by atoms with van der Waals surface area (Å²) in [6.45, 7) is 0.525. The van der Waals surface area contributed by atoms with Gasteiger partial charge in [-0.25, -0.2) is 4.98 Å². The Hall–Kier alpha value is -3.09. The predicted molar refractivity (Wildman–Crippen MR) is 78.8 cm³/mol. The van der Waals surface area contributed by atoms with Crippen LogP contribution in [-0.4, -0.2) is 28.3 Å². The molecule has 2 amide bonds. The van der Waals surface area contributed by atoms with E-state index in [9.17, 15) is 9.59 Å². The number of fused-ring (bicyclic) bond motifs is 2. The Balaban J connectivity index is 1.65. The van der Waals surface area contributed by atoms with Crippen LogP contribution in [0.25, 0.3) is 11.0 Å². The number of carbonyl (C=O) groups is 2. The van der Waals surface area contributed by atoms with E-state index in [4.69, 9.17) is 4.42 Å². The van der Waals surface area contributed by atoms with Crippen molar-refractivity contribution in [2.45, 2.75) is 6.42 Å². The van der Waals surface area contributed by atoms with Gasteiger partial charge in [-0.15, -0.1) is 0 Å². The smallest absolute Gasteiger partial charge is 0.259 e. The van der Waals surface area contributed by atoms with Gasteiger partial charge in [0.25, 0.3) is 11.8 Å². The quantitative estimate of drug-likeness (QED) is 0.670. The van der Waals surface area contributed by atoms with Crippen LogP contribution in [0.1, 0.15) is 26.5 Å². The standard InChI is InChI=1S/C15H12N4O3/c20-14(9-6-22-12-3-4-16-15(21)13(9)12)19-8-1-2-10-11(5-8)18-7-17-10/h1-2,5-7H,3-4H2,(H,16,21)(H,17,18)(H,19,20). The van der Waals surface area contributed by atoms with E-state index >= 15 is 0 Å². The first-order valence-corrected chi connectivity index (χ1v) is 6.85. The zero-order valence-electron chi connectivity index (χ0n) is 11.5. The summed E-state index contributed by atoms with van der Waals surface area (Å²) in [5.41, 5.74) is 2.83. The van der Waals surface area contributed by atoms with E-state index in [1.54, 1.807) is 24.5 Å². The van der Waals surface area contributed by atoms with Crippen LogP contribution in [0.15, 0.2) is 35.2 Å². The fraction of sp³-hybridized carbons (Fsp3) is 0.133. The molecule has 7 heteroatoms. The fourth-order valence-corrected chi connectivity index (χ4v) is 2.59. The number of rotatable bonds is 2. The third-order valence-electron chi connectivity index (χ3n) is 3.65. The van der Waals surface area contributed by atoms with Gasteiger partial charge in [0.05, 0.1) is 28.5 Å². The van der Waals surface area contributed by atoms with Crippen molar-refractivity contribution in [3.8, 4) is 0 Å². The molecular formula is C15H12N4O3. The minimum absolute atomic E-state index is 0.247. The molecule has 3 aromatic rings. The maximum Gasteiger partial charge on any atom is 0.259 e. The van der Waals surface area contributed by atoms with E-state index in [0.29, 0.717) is 30.0 Å². The van der Waals surface area contributed by atoms with E-state index in [1.807, 2.05) is 0 Å². The molecule has 7 nitrogen and oxygen atoms in total. The third kappa shape index (κ3) is 1.95. The van der Waals surface area contributed by atoms with Gasteiger partial charge in [0, 0.05) is 18.7 Å². The summed E-state index contributed by atoms with van der Waals surface area (Å²) in [7, 11) is 0. The molecule has 0 saturated carbocycles. The molecule has 0 saturated heterocycles. The Kier molecular flexibility index (Phi) is 2.72. The molecule has 110 valence electrons. The van der Waals surface area contributed by atoms with Gasteiger partial charge in [-0.1, -0.05) is 0 Å². The number of furan rings is 1. The van der Waals surface area contributed by atoms with Crippen LogP contribution < -0.4 is 10.6 Å². The van der Waals surface area contributed by atoms with Gasteiger partial charge in [0.1, 0.15) is 12.0 Å². The molecule has 0 bridgehead atoms. The van der Waals surface area contributed by atoms with Crippen molar-refractivity contribution in [2.24, 2.45) is 0 Å². The van der Waals surface area contributed by atoms with Gasteiger partial charge < -0.3 is 20.0 Å². The normalized spacial score (nSPS) is 13.7. The summed E-state index contributed by atoms with van der Waals surface area (Å²) in [4.78, 5) is 31.4. The second-order valence-electron chi connectivity index (χ2n) is 5.04. The average molecular weight is 296 g/mol. The number of carbonyl (C=O) groups excluding carboxylic acids is 2. The zero-order chi connectivity index (χ0) is 15.1. The van der Waals surface area contributed by atoms with Crippen molar-refractivity contribution in [1.82, 2.24) is 15.3 Å². The SMILES string of the molecule is O=C(Nc1ccc2nc[nH]c2c1)c1coc2c1C(=O)NCC2. The van der Waals surface area contributed by atoms with Crippen LogP contribution in [0.5, 0.6) is 0 Å². The number of aromatic nitrogens is 2. The first kappa shape index (κ1) is 12.6. The summed E-state index contributed by atoms with van der Waals surface area (Å²) in [5, 5.41) is 5.48. The number of aromatic amines is 1. The number of hydrogen-bond donors (Lipinski definition) is 3. The Morgan fingerprint density at radius 3 is 3.18 bits per heavy atom. The molecule has 4 rings (SSSR count). The number of benzene rings is 1. The van der Waals surface area contributed by atoms with Gasteiger partial charge in [0.2, 0.25) is 0 Å². The van der Waals surface area contributed by atoms with E-state index in [0.717, 1.165) is 11.0 Å². The first-order chi connectivity index (χ1) is 10.7. The topological polar surface area (TPSA) is 100 Å². The number of anilines is 1. The summed E-state index contributed by atoms with van der Waals surface area (Å²) in [6, 6.07) is 5.35. The zero-order valence-corrected chi connectivity index (χ0v) is 11.5. The van der Waals surface area contributed by atoms with Gasteiger partial charge in [-0.3, -0.25) is 9.59 Å². The van der Waals surface area contributed by atoms with Crippen LogP contribution >= 0.6 is 0 Å². The van der Waals surface area contributed by atoms with Crippen LogP contribution in [0.3, 0.4) is 0 Å². The second-order valence-corrected chi connectivity index (χ2v) is 5.04. The van der Waals surface area contributed by atoms with Crippen molar-refractivity contribution < 1.29 is 14.0 Å². The highest BCUT2D eigenvalue weighted by molar-refractivity contribution is 6.13. The maximum absolute atomic E-state index is 12.4. The van der Waals surface area contributed by atoms with Crippen molar-refractivity contribution in [3.05, 3.63) is 47.7 Å². The lowest BCUT2D eigenvalue weighted by atomic mass is 10.0. The van der Waals surface area contributed by atoms with Crippen LogP contribution in [0.2, 0.25) is 0 Å². The minimum atomic E-state index is -0.374. The Morgan fingerprint density at radius 1 is 1.36 bits per heavy atom.